The van der Waals surface area contributed by atoms with Crippen LogP contribution < -0.4 is 5.73 Å². The van der Waals surface area contributed by atoms with Gasteiger partial charge in [-0.15, -0.1) is 0 Å². The van der Waals surface area contributed by atoms with Gasteiger partial charge in [0.2, 0.25) is 5.90 Å². The van der Waals surface area contributed by atoms with Gasteiger partial charge >= 0.3 is 0 Å². The number of nitrogens with one attached hydrogen (secondary N) is 1. The van der Waals surface area contributed by atoms with Crippen LogP contribution in [0.4, 0.5) is 0 Å². The molecule has 3 aromatic carbocycles. The number of nitrogens with zero attached hydrogens (tertiary/aromatic N) is 2. The van der Waals surface area contributed by atoms with E-state index in [4.69, 9.17) is 27.5 Å². The first-order valence-electron chi connectivity index (χ1n) is 9.37. The molecule has 1 aromatic heterocycles. The minimum absolute atomic E-state index is 0.0434. The summed E-state index contributed by atoms with van der Waals surface area (Å²) < 4.78 is 5.63. The van der Waals surface area contributed by atoms with Crippen molar-refractivity contribution in [1.29, 1.82) is 5.41 Å². The first-order valence-corrected chi connectivity index (χ1v) is 9.74. The van der Waals surface area contributed by atoms with Crippen molar-refractivity contribution in [2.75, 3.05) is 0 Å². The Labute approximate surface area is 179 Å². The van der Waals surface area contributed by atoms with E-state index in [0.717, 1.165) is 16.7 Å². The third-order valence-electron chi connectivity index (χ3n) is 4.54. The number of ether oxygens (including phenoxy) is 1. The summed E-state index contributed by atoms with van der Waals surface area (Å²) >= 11 is 6.16. The van der Waals surface area contributed by atoms with E-state index in [9.17, 15) is 0 Å². The fourth-order valence-corrected chi connectivity index (χ4v) is 3.19. The second kappa shape index (κ2) is 8.86. The average Bonchev–Trinajstić information content (AvgIpc) is 2.80. The van der Waals surface area contributed by atoms with Crippen LogP contribution in [0.3, 0.4) is 0 Å². The van der Waals surface area contributed by atoms with Gasteiger partial charge in [0.05, 0.1) is 0 Å². The van der Waals surface area contributed by atoms with Gasteiger partial charge in [-0.2, -0.15) is 0 Å². The normalized spacial score (nSPS) is 11.7. The number of aromatic nitrogens is 2. The Bertz CT molecular complexity index is 1150. The van der Waals surface area contributed by atoms with Crippen LogP contribution in [0, 0.1) is 5.41 Å². The first-order chi connectivity index (χ1) is 14.6. The van der Waals surface area contributed by atoms with E-state index in [2.05, 4.69) is 9.97 Å². The van der Waals surface area contributed by atoms with Crippen LogP contribution in [-0.2, 0) is 4.74 Å². The Balaban J connectivity index is 1.50. The van der Waals surface area contributed by atoms with Crippen molar-refractivity contribution in [1.82, 2.24) is 9.97 Å². The van der Waals surface area contributed by atoms with Gasteiger partial charge in [-0.25, -0.2) is 9.97 Å². The molecule has 0 saturated heterocycles. The second-order valence-electron chi connectivity index (χ2n) is 6.62. The molecule has 5 nitrogen and oxygen atoms in total. The van der Waals surface area contributed by atoms with E-state index < -0.39 is 6.23 Å². The Kier molecular flexibility index (Phi) is 5.84. The molecule has 1 unspecified atom stereocenters. The summed E-state index contributed by atoms with van der Waals surface area (Å²) in [6.07, 6.45) is -0.950. The molecular formula is C24H19ClN4O. The van der Waals surface area contributed by atoms with E-state index >= 15 is 0 Å². The molecule has 4 aromatic rings. The topological polar surface area (TPSA) is 84.9 Å². The molecule has 30 heavy (non-hydrogen) atoms. The quantitative estimate of drug-likeness (QED) is 0.196. The molecule has 4 rings (SSSR count). The van der Waals surface area contributed by atoms with Gasteiger partial charge in [0.1, 0.15) is 10.8 Å². The number of hydrogen-bond acceptors (Lipinski definition) is 5. The van der Waals surface area contributed by atoms with E-state index in [1.165, 1.54) is 0 Å². The summed E-state index contributed by atoms with van der Waals surface area (Å²) in [6, 6.07) is 28.6. The highest BCUT2D eigenvalue weighted by Crippen LogP contribution is 2.23. The Morgan fingerprint density at radius 2 is 1.37 bits per heavy atom. The van der Waals surface area contributed by atoms with Crippen molar-refractivity contribution in [3.8, 4) is 22.5 Å². The summed E-state index contributed by atoms with van der Waals surface area (Å²) in [5.74, 6) is 0.411. The third-order valence-corrected chi connectivity index (χ3v) is 4.73. The number of nitrogens with two attached hydrogens (primary N) is 1. The summed E-state index contributed by atoms with van der Waals surface area (Å²) in [7, 11) is 0. The molecule has 0 aliphatic rings. The SMILES string of the molecule is N=C(OC(N)c1cc(Cl)nc(-c2ccccc2)n1)c1ccc(-c2ccccc2)cc1. The van der Waals surface area contributed by atoms with Crippen LogP contribution in [0.2, 0.25) is 5.15 Å². The largest absolute Gasteiger partial charge is 0.453 e. The van der Waals surface area contributed by atoms with E-state index in [-0.39, 0.29) is 11.1 Å². The summed E-state index contributed by atoms with van der Waals surface area (Å²) in [6.45, 7) is 0. The van der Waals surface area contributed by atoms with Crippen molar-refractivity contribution >= 4 is 17.5 Å². The molecule has 0 bridgehead atoms. The highest BCUT2D eigenvalue weighted by molar-refractivity contribution is 6.29. The fraction of sp³-hybridized carbons (Fsp3) is 0.0417. The number of rotatable bonds is 5. The summed E-state index contributed by atoms with van der Waals surface area (Å²) in [5.41, 5.74) is 10.2. The molecule has 0 aliphatic heterocycles. The number of hydrogen-bond donors (Lipinski definition) is 2. The van der Waals surface area contributed by atoms with Crippen LogP contribution in [0.25, 0.3) is 22.5 Å². The zero-order chi connectivity index (χ0) is 20.9. The second-order valence-corrected chi connectivity index (χ2v) is 7.00. The maximum atomic E-state index is 8.28. The predicted octanol–water partition coefficient (Wildman–Crippen LogP) is 5.46. The minimum Gasteiger partial charge on any atom is -0.453 e. The molecule has 1 atom stereocenters. The van der Waals surface area contributed by atoms with Crippen molar-refractivity contribution in [2.45, 2.75) is 6.23 Å². The molecule has 0 aliphatic carbocycles. The molecule has 0 fully saturated rings. The highest BCUT2D eigenvalue weighted by atomic mass is 35.5. The molecule has 1 heterocycles. The van der Waals surface area contributed by atoms with Gasteiger partial charge in [-0.1, -0.05) is 84.4 Å². The van der Waals surface area contributed by atoms with Crippen LogP contribution >= 0.6 is 11.6 Å². The Morgan fingerprint density at radius 3 is 2.00 bits per heavy atom. The zero-order valence-corrected chi connectivity index (χ0v) is 16.8. The van der Waals surface area contributed by atoms with Crippen LogP contribution in [0.5, 0.6) is 0 Å². The molecule has 0 radical (unpaired) electrons. The van der Waals surface area contributed by atoms with Crippen molar-refractivity contribution in [2.24, 2.45) is 5.73 Å². The molecule has 148 valence electrons. The Morgan fingerprint density at radius 1 is 0.800 bits per heavy atom. The van der Waals surface area contributed by atoms with Crippen LogP contribution in [-0.4, -0.2) is 15.9 Å². The highest BCUT2D eigenvalue weighted by Gasteiger charge is 2.16. The standard InChI is InChI=1S/C24H19ClN4O/c25-21-15-20(28-24(29-21)19-9-5-2-6-10-19)23(27)30-22(26)18-13-11-17(12-14-18)16-7-3-1-4-8-16/h1-15,23,26H,27H2. The fourth-order valence-electron chi connectivity index (χ4n) is 3.00. The molecule has 0 spiro atoms. The lowest BCUT2D eigenvalue weighted by atomic mass is 10.0. The van der Waals surface area contributed by atoms with Gasteiger partial charge in [0.15, 0.2) is 12.1 Å². The third kappa shape index (κ3) is 4.54. The van der Waals surface area contributed by atoms with Crippen molar-refractivity contribution in [3.05, 3.63) is 107 Å². The van der Waals surface area contributed by atoms with Gasteiger partial charge in [0.25, 0.3) is 0 Å². The summed E-state index contributed by atoms with van der Waals surface area (Å²) in [5, 5.41) is 8.54. The molecule has 0 saturated carbocycles. The van der Waals surface area contributed by atoms with E-state index in [1.807, 2.05) is 84.9 Å². The lowest BCUT2D eigenvalue weighted by Crippen LogP contribution is -2.20. The monoisotopic (exact) mass is 414 g/mol. The zero-order valence-electron chi connectivity index (χ0n) is 16.0. The number of benzene rings is 3. The van der Waals surface area contributed by atoms with E-state index in [0.29, 0.717) is 17.1 Å². The number of halogens is 1. The van der Waals surface area contributed by atoms with Gasteiger partial charge < -0.3 is 4.74 Å². The predicted molar refractivity (Wildman–Crippen MR) is 119 cm³/mol. The van der Waals surface area contributed by atoms with Gasteiger partial charge in [-0.05, 0) is 23.3 Å². The molecular weight excluding hydrogens is 396 g/mol. The van der Waals surface area contributed by atoms with E-state index in [1.54, 1.807) is 6.07 Å². The molecule has 0 amide bonds. The average molecular weight is 415 g/mol. The minimum atomic E-state index is -0.950. The van der Waals surface area contributed by atoms with Crippen LogP contribution in [0.15, 0.2) is 91.0 Å². The van der Waals surface area contributed by atoms with Gasteiger partial charge in [-0.3, -0.25) is 11.1 Å². The lowest BCUT2D eigenvalue weighted by molar-refractivity contribution is 0.194. The first kappa shape index (κ1) is 19.8. The van der Waals surface area contributed by atoms with Crippen LogP contribution in [0.1, 0.15) is 17.5 Å². The van der Waals surface area contributed by atoms with Crippen molar-refractivity contribution in [3.63, 3.8) is 0 Å². The lowest BCUT2D eigenvalue weighted by Gasteiger charge is -2.16. The maximum absolute atomic E-state index is 8.28. The summed E-state index contributed by atoms with van der Waals surface area (Å²) in [4.78, 5) is 8.71. The smallest absolute Gasteiger partial charge is 0.215 e. The van der Waals surface area contributed by atoms with Crippen molar-refractivity contribution < 1.29 is 4.74 Å². The molecule has 6 heteroatoms. The Hall–Kier alpha value is -3.54. The maximum Gasteiger partial charge on any atom is 0.215 e. The molecule has 3 N–H and O–H groups in total. The van der Waals surface area contributed by atoms with Gasteiger partial charge in [0, 0.05) is 17.2 Å².